The van der Waals surface area contributed by atoms with Gasteiger partial charge in [-0.15, -0.1) is 0 Å². The molecule has 0 spiro atoms. The highest BCUT2D eigenvalue weighted by molar-refractivity contribution is 9.09. The Kier molecular flexibility index (Phi) is 4.26. The highest BCUT2D eigenvalue weighted by Crippen LogP contribution is 2.29. The van der Waals surface area contributed by atoms with Gasteiger partial charge in [0.1, 0.15) is 5.76 Å². The molecule has 1 N–H and O–H groups in total. The second-order valence-corrected chi connectivity index (χ2v) is 5.84. The van der Waals surface area contributed by atoms with Crippen molar-refractivity contribution in [1.82, 2.24) is 5.32 Å². The molecule has 1 aliphatic rings. The zero-order valence-corrected chi connectivity index (χ0v) is 11.6. The first-order chi connectivity index (χ1) is 8.18. The van der Waals surface area contributed by atoms with Crippen molar-refractivity contribution in [3.8, 4) is 0 Å². The lowest BCUT2D eigenvalue weighted by molar-refractivity contribution is 0.0943. The van der Waals surface area contributed by atoms with E-state index in [0.717, 1.165) is 6.54 Å². The van der Waals surface area contributed by atoms with Gasteiger partial charge in [-0.25, -0.2) is 0 Å². The Morgan fingerprint density at radius 3 is 2.94 bits per heavy atom. The molecule has 0 aromatic carbocycles. The molecular weight excluding hydrogens is 282 g/mol. The summed E-state index contributed by atoms with van der Waals surface area (Å²) in [7, 11) is 0. The van der Waals surface area contributed by atoms with Gasteiger partial charge in [0.25, 0.3) is 5.91 Å². The standard InChI is InChI=1S/C13H18BrNO2/c1-9-11(6-7-17-9)13(16)15-8-10-4-2-3-5-12(10)14/h6-7,10,12H,2-5,8H2,1H3,(H,15,16). The highest BCUT2D eigenvalue weighted by Gasteiger charge is 2.23. The van der Waals surface area contributed by atoms with Gasteiger partial charge in [-0.2, -0.15) is 0 Å². The van der Waals surface area contributed by atoms with Crippen molar-refractivity contribution in [2.45, 2.75) is 37.4 Å². The van der Waals surface area contributed by atoms with Crippen molar-refractivity contribution < 1.29 is 9.21 Å². The van der Waals surface area contributed by atoms with Gasteiger partial charge in [0.15, 0.2) is 0 Å². The summed E-state index contributed by atoms with van der Waals surface area (Å²) < 4.78 is 5.13. The minimum atomic E-state index is -0.0264. The van der Waals surface area contributed by atoms with Crippen LogP contribution in [0.3, 0.4) is 0 Å². The van der Waals surface area contributed by atoms with Gasteiger partial charge >= 0.3 is 0 Å². The fourth-order valence-electron chi connectivity index (χ4n) is 2.33. The average Bonchev–Trinajstić information content (AvgIpc) is 2.74. The highest BCUT2D eigenvalue weighted by atomic mass is 79.9. The van der Waals surface area contributed by atoms with E-state index in [1.165, 1.54) is 25.7 Å². The maximum atomic E-state index is 11.9. The molecule has 94 valence electrons. The van der Waals surface area contributed by atoms with E-state index < -0.39 is 0 Å². The Morgan fingerprint density at radius 2 is 2.29 bits per heavy atom. The Balaban J connectivity index is 1.86. The Hall–Kier alpha value is -0.770. The summed E-state index contributed by atoms with van der Waals surface area (Å²) in [6.45, 7) is 2.56. The molecule has 1 aliphatic carbocycles. The first kappa shape index (κ1) is 12.7. The van der Waals surface area contributed by atoms with E-state index in [9.17, 15) is 4.79 Å². The number of amides is 1. The van der Waals surface area contributed by atoms with Crippen LogP contribution in [-0.2, 0) is 0 Å². The normalized spacial score (nSPS) is 24.6. The number of nitrogens with one attached hydrogen (secondary N) is 1. The molecule has 1 aromatic rings. The SMILES string of the molecule is Cc1occc1C(=O)NCC1CCCCC1Br. The van der Waals surface area contributed by atoms with Gasteiger partial charge in [-0.05, 0) is 31.7 Å². The second-order valence-electron chi connectivity index (χ2n) is 4.66. The molecule has 2 rings (SSSR count). The molecule has 3 nitrogen and oxygen atoms in total. The quantitative estimate of drug-likeness (QED) is 0.871. The third-order valence-corrected chi connectivity index (χ3v) is 4.65. The van der Waals surface area contributed by atoms with E-state index in [2.05, 4.69) is 21.2 Å². The molecule has 2 unspecified atom stereocenters. The Labute approximate surface area is 110 Å². The fraction of sp³-hybridized carbons (Fsp3) is 0.615. The summed E-state index contributed by atoms with van der Waals surface area (Å²) in [6.07, 6.45) is 6.53. The lowest BCUT2D eigenvalue weighted by atomic mass is 9.89. The van der Waals surface area contributed by atoms with Gasteiger partial charge in [-0.3, -0.25) is 4.79 Å². The molecule has 1 saturated carbocycles. The van der Waals surface area contributed by atoms with Crippen LogP contribution in [0, 0.1) is 12.8 Å². The van der Waals surface area contributed by atoms with Gasteiger partial charge in [0.05, 0.1) is 11.8 Å². The molecule has 0 bridgehead atoms. The lowest BCUT2D eigenvalue weighted by Gasteiger charge is -2.27. The number of aryl methyl sites for hydroxylation is 1. The molecule has 0 saturated heterocycles. The predicted molar refractivity (Wildman–Crippen MR) is 70.5 cm³/mol. The number of carbonyl (C=O) groups excluding carboxylic acids is 1. The lowest BCUT2D eigenvalue weighted by Crippen LogP contribution is -2.34. The molecule has 1 fully saturated rings. The number of furan rings is 1. The molecular formula is C13H18BrNO2. The van der Waals surface area contributed by atoms with Gasteiger partial charge < -0.3 is 9.73 Å². The monoisotopic (exact) mass is 299 g/mol. The van der Waals surface area contributed by atoms with Crippen molar-refractivity contribution in [1.29, 1.82) is 0 Å². The van der Waals surface area contributed by atoms with E-state index in [4.69, 9.17) is 4.42 Å². The van der Waals surface area contributed by atoms with E-state index in [1.54, 1.807) is 12.3 Å². The summed E-state index contributed by atoms with van der Waals surface area (Å²) in [5.74, 6) is 1.21. The summed E-state index contributed by atoms with van der Waals surface area (Å²) in [4.78, 5) is 12.4. The van der Waals surface area contributed by atoms with Crippen LogP contribution in [0.4, 0.5) is 0 Å². The molecule has 2 atom stereocenters. The van der Waals surface area contributed by atoms with Crippen LogP contribution < -0.4 is 5.32 Å². The number of carbonyl (C=O) groups is 1. The molecule has 0 radical (unpaired) electrons. The maximum absolute atomic E-state index is 11.9. The van der Waals surface area contributed by atoms with Crippen LogP contribution in [-0.4, -0.2) is 17.3 Å². The van der Waals surface area contributed by atoms with Crippen molar-refractivity contribution in [3.63, 3.8) is 0 Å². The summed E-state index contributed by atoms with van der Waals surface area (Å²) in [5.41, 5.74) is 0.645. The zero-order chi connectivity index (χ0) is 12.3. The number of hydrogen-bond donors (Lipinski definition) is 1. The van der Waals surface area contributed by atoms with Crippen LogP contribution in [0.25, 0.3) is 0 Å². The van der Waals surface area contributed by atoms with Gasteiger partial charge in [0.2, 0.25) is 0 Å². The molecule has 1 amide bonds. The number of alkyl halides is 1. The van der Waals surface area contributed by atoms with Crippen LogP contribution in [0.2, 0.25) is 0 Å². The molecule has 17 heavy (non-hydrogen) atoms. The third kappa shape index (κ3) is 3.12. The number of rotatable bonds is 3. The predicted octanol–water partition coefficient (Wildman–Crippen LogP) is 3.27. The largest absolute Gasteiger partial charge is 0.469 e. The average molecular weight is 300 g/mol. The third-order valence-electron chi connectivity index (χ3n) is 3.44. The van der Waals surface area contributed by atoms with E-state index in [-0.39, 0.29) is 5.91 Å². The first-order valence-electron chi connectivity index (χ1n) is 6.15. The second kappa shape index (κ2) is 5.71. The minimum Gasteiger partial charge on any atom is -0.469 e. The molecule has 4 heteroatoms. The van der Waals surface area contributed by atoms with Crippen LogP contribution >= 0.6 is 15.9 Å². The van der Waals surface area contributed by atoms with Crippen molar-refractivity contribution in [2.75, 3.05) is 6.54 Å². The van der Waals surface area contributed by atoms with E-state index in [1.807, 2.05) is 6.92 Å². The van der Waals surface area contributed by atoms with E-state index in [0.29, 0.717) is 22.1 Å². The number of halogens is 1. The van der Waals surface area contributed by atoms with Crippen molar-refractivity contribution in [2.24, 2.45) is 5.92 Å². The van der Waals surface area contributed by atoms with Crippen LogP contribution in [0.5, 0.6) is 0 Å². The summed E-state index contributed by atoms with van der Waals surface area (Å²) >= 11 is 3.70. The van der Waals surface area contributed by atoms with Crippen LogP contribution in [0.15, 0.2) is 16.7 Å². The minimum absolute atomic E-state index is 0.0264. The van der Waals surface area contributed by atoms with Crippen molar-refractivity contribution >= 4 is 21.8 Å². The maximum Gasteiger partial charge on any atom is 0.254 e. The Bertz CT molecular complexity index is 389. The van der Waals surface area contributed by atoms with Crippen molar-refractivity contribution in [3.05, 3.63) is 23.7 Å². The van der Waals surface area contributed by atoms with Gasteiger partial charge in [0, 0.05) is 11.4 Å². The molecule has 1 aromatic heterocycles. The first-order valence-corrected chi connectivity index (χ1v) is 7.06. The topological polar surface area (TPSA) is 42.2 Å². The summed E-state index contributed by atoms with van der Waals surface area (Å²) in [5, 5.41) is 3.00. The fourth-order valence-corrected chi connectivity index (χ4v) is 3.11. The van der Waals surface area contributed by atoms with Crippen LogP contribution in [0.1, 0.15) is 41.8 Å². The molecule has 0 aliphatic heterocycles. The summed E-state index contributed by atoms with van der Waals surface area (Å²) in [6, 6.07) is 1.72. The zero-order valence-electron chi connectivity index (χ0n) is 10.0. The van der Waals surface area contributed by atoms with Gasteiger partial charge in [-0.1, -0.05) is 28.8 Å². The van der Waals surface area contributed by atoms with E-state index >= 15 is 0 Å². The smallest absolute Gasteiger partial charge is 0.254 e. The Morgan fingerprint density at radius 1 is 1.53 bits per heavy atom. The number of hydrogen-bond acceptors (Lipinski definition) is 2. The molecule has 1 heterocycles.